The molecule has 0 saturated heterocycles. The first-order valence-electron chi connectivity index (χ1n) is 5.44. The Morgan fingerprint density at radius 1 is 1.31 bits per heavy atom. The van der Waals surface area contributed by atoms with Gasteiger partial charge in [0.1, 0.15) is 5.82 Å². The molecule has 0 saturated carbocycles. The van der Waals surface area contributed by atoms with Crippen molar-refractivity contribution in [3.05, 3.63) is 41.8 Å². The van der Waals surface area contributed by atoms with Gasteiger partial charge in [-0.3, -0.25) is 4.98 Å². The fourth-order valence-corrected chi connectivity index (χ4v) is 1.69. The van der Waals surface area contributed by atoms with Gasteiger partial charge < -0.3 is 5.73 Å². The molecular formula is C13H15FN2. The predicted molar refractivity (Wildman–Crippen MR) is 63.6 cm³/mol. The Morgan fingerprint density at radius 2 is 2.12 bits per heavy atom. The molecule has 0 aliphatic rings. The number of pyridine rings is 1. The lowest BCUT2D eigenvalue weighted by atomic mass is 10.0. The number of fused-ring (bicyclic) bond motifs is 1. The first-order chi connectivity index (χ1) is 7.69. The van der Waals surface area contributed by atoms with Crippen LogP contribution >= 0.6 is 0 Å². The van der Waals surface area contributed by atoms with E-state index in [0.29, 0.717) is 12.5 Å². The highest BCUT2D eigenvalue weighted by molar-refractivity contribution is 5.78. The summed E-state index contributed by atoms with van der Waals surface area (Å²) in [6.07, 6.45) is 0.865. The molecule has 0 aliphatic heterocycles. The van der Waals surface area contributed by atoms with Crippen LogP contribution < -0.4 is 5.73 Å². The van der Waals surface area contributed by atoms with Crippen molar-refractivity contribution in [2.45, 2.75) is 13.3 Å². The normalized spacial score (nSPS) is 12.9. The second kappa shape index (κ2) is 4.58. The Bertz CT molecular complexity index is 496. The van der Waals surface area contributed by atoms with E-state index in [1.807, 2.05) is 12.1 Å². The van der Waals surface area contributed by atoms with Crippen molar-refractivity contribution in [3.8, 4) is 0 Å². The minimum absolute atomic E-state index is 0.225. The molecule has 3 heteroatoms. The average Bonchev–Trinajstić information content (AvgIpc) is 2.29. The number of hydrogen-bond donors (Lipinski definition) is 1. The number of aromatic nitrogens is 1. The van der Waals surface area contributed by atoms with E-state index in [0.717, 1.165) is 23.0 Å². The Balaban J connectivity index is 2.33. The van der Waals surface area contributed by atoms with Crippen LogP contribution in [0.2, 0.25) is 0 Å². The molecule has 0 bridgehead atoms. The van der Waals surface area contributed by atoms with E-state index in [1.165, 1.54) is 12.1 Å². The molecule has 1 aromatic carbocycles. The van der Waals surface area contributed by atoms with Crippen LogP contribution in [0.3, 0.4) is 0 Å². The fraction of sp³-hybridized carbons (Fsp3) is 0.308. The Hall–Kier alpha value is -1.48. The van der Waals surface area contributed by atoms with E-state index in [4.69, 9.17) is 5.73 Å². The number of rotatable bonds is 3. The molecule has 2 nitrogen and oxygen atoms in total. The van der Waals surface area contributed by atoms with Crippen molar-refractivity contribution < 1.29 is 4.39 Å². The van der Waals surface area contributed by atoms with Crippen LogP contribution in [0.25, 0.3) is 10.9 Å². The third kappa shape index (κ3) is 2.36. The molecule has 1 aromatic heterocycles. The molecule has 16 heavy (non-hydrogen) atoms. The number of hydrogen-bond acceptors (Lipinski definition) is 2. The van der Waals surface area contributed by atoms with Gasteiger partial charge in [0.05, 0.1) is 5.52 Å². The molecule has 0 spiro atoms. The van der Waals surface area contributed by atoms with E-state index in [9.17, 15) is 4.39 Å². The number of nitrogens with zero attached hydrogens (tertiary/aromatic N) is 1. The largest absolute Gasteiger partial charge is 0.330 e. The molecule has 84 valence electrons. The molecule has 2 N–H and O–H groups in total. The van der Waals surface area contributed by atoms with Gasteiger partial charge in [-0.1, -0.05) is 13.0 Å². The van der Waals surface area contributed by atoms with Gasteiger partial charge >= 0.3 is 0 Å². The Kier molecular flexibility index (Phi) is 3.15. The molecule has 0 radical (unpaired) electrons. The van der Waals surface area contributed by atoms with Crippen molar-refractivity contribution >= 4 is 10.9 Å². The van der Waals surface area contributed by atoms with Gasteiger partial charge in [-0.25, -0.2) is 4.39 Å². The predicted octanol–water partition coefficient (Wildman–Crippen LogP) is 2.51. The summed E-state index contributed by atoms with van der Waals surface area (Å²) in [5.74, 6) is 0.197. The first-order valence-corrected chi connectivity index (χ1v) is 5.44. The highest BCUT2D eigenvalue weighted by Gasteiger charge is 2.04. The lowest BCUT2D eigenvalue weighted by molar-refractivity contribution is 0.585. The average molecular weight is 218 g/mol. The van der Waals surface area contributed by atoms with Crippen molar-refractivity contribution in [1.29, 1.82) is 0 Å². The quantitative estimate of drug-likeness (QED) is 0.859. The van der Waals surface area contributed by atoms with E-state index in [1.54, 1.807) is 6.07 Å². The maximum absolute atomic E-state index is 13.0. The van der Waals surface area contributed by atoms with E-state index >= 15 is 0 Å². The number of nitrogens with two attached hydrogens (primary N) is 1. The van der Waals surface area contributed by atoms with Crippen LogP contribution in [0.4, 0.5) is 4.39 Å². The summed E-state index contributed by atoms with van der Waals surface area (Å²) in [5.41, 5.74) is 7.42. The van der Waals surface area contributed by atoms with Crippen molar-refractivity contribution in [3.63, 3.8) is 0 Å². The maximum Gasteiger partial charge on any atom is 0.123 e. The standard InChI is InChI=1S/C13H15FN2/c1-9(8-15)6-12-4-2-10-7-11(14)3-5-13(10)16-12/h2-5,7,9H,6,8,15H2,1H3. The Morgan fingerprint density at radius 3 is 2.88 bits per heavy atom. The molecule has 0 aliphatic carbocycles. The van der Waals surface area contributed by atoms with E-state index < -0.39 is 0 Å². The molecule has 0 amide bonds. The molecule has 1 heterocycles. The Labute approximate surface area is 94.3 Å². The van der Waals surface area contributed by atoms with Crippen LogP contribution in [0.1, 0.15) is 12.6 Å². The third-order valence-electron chi connectivity index (χ3n) is 2.67. The SMILES string of the molecule is CC(CN)Cc1ccc2cc(F)ccc2n1. The lowest BCUT2D eigenvalue weighted by Gasteiger charge is -2.08. The summed E-state index contributed by atoms with van der Waals surface area (Å²) >= 11 is 0. The summed E-state index contributed by atoms with van der Waals surface area (Å²) in [6.45, 7) is 2.75. The van der Waals surface area contributed by atoms with Gasteiger partial charge in [-0.15, -0.1) is 0 Å². The summed E-state index contributed by atoms with van der Waals surface area (Å²) in [6, 6.07) is 8.49. The zero-order valence-electron chi connectivity index (χ0n) is 9.28. The molecular weight excluding hydrogens is 203 g/mol. The highest BCUT2D eigenvalue weighted by Crippen LogP contribution is 2.15. The van der Waals surface area contributed by atoms with Crippen molar-refractivity contribution in [2.75, 3.05) is 6.54 Å². The number of halogens is 1. The second-order valence-electron chi connectivity index (χ2n) is 4.18. The monoisotopic (exact) mass is 218 g/mol. The molecule has 1 unspecified atom stereocenters. The summed E-state index contributed by atoms with van der Waals surface area (Å²) in [7, 11) is 0. The van der Waals surface area contributed by atoms with Gasteiger partial charge in [0.15, 0.2) is 0 Å². The minimum Gasteiger partial charge on any atom is -0.330 e. The van der Waals surface area contributed by atoms with Crippen LogP contribution in [0.15, 0.2) is 30.3 Å². The number of benzene rings is 1. The van der Waals surface area contributed by atoms with Crippen molar-refractivity contribution in [1.82, 2.24) is 4.98 Å². The summed E-state index contributed by atoms with van der Waals surface area (Å²) < 4.78 is 13.0. The van der Waals surface area contributed by atoms with Gasteiger partial charge in [0, 0.05) is 11.1 Å². The van der Waals surface area contributed by atoms with Crippen LogP contribution in [0, 0.1) is 11.7 Å². The van der Waals surface area contributed by atoms with Crippen LogP contribution in [-0.4, -0.2) is 11.5 Å². The molecule has 0 fully saturated rings. The second-order valence-corrected chi connectivity index (χ2v) is 4.18. The van der Waals surface area contributed by atoms with Gasteiger partial charge in [0.2, 0.25) is 0 Å². The summed E-state index contributed by atoms with van der Waals surface area (Å²) in [5, 5.41) is 0.837. The van der Waals surface area contributed by atoms with E-state index in [-0.39, 0.29) is 5.82 Å². The topological polar surface area (TPSA) is 38.9 Å². The van der Waals surface area contributed by atoms with Crippen molar-refractivity contribution in [2.24, 2.45) is 11.7 Å². The highest BCUT2D eigenvalue weighted by atomic mass is 19.1. The van der Waals surface area contributed by atoms with Crippen LogP contribution in [-0.2, 0) is 6.42 Å². The minimum atomic E-state index is -0.225. The zero-order valence-corrected chi connectivity index (χ0v) is 9.28. The molecule has 2 rings (SSSR count). The third-order valence-corrected chi connectivity index (χ3v) is 2.67. The van der Waals surface area contributed by atoms with Gasteiger partial charge in [-0.05, 0) is 43.1 Å². The summed E-state index contributed by atoms with van der Waals surface area (Å²) in [4.78, 5) is 4.48. The first kappa shape index (κ1) is 11.0. The van der Waals surface area contributed by atoms with Gasteiger partial charge in [0.25, 0.3) is 0 Å². The van der Waals surface area contributed by atoms with E-state index in [2.05, 4.69) is 11.9 Å². The molecule has 2 aromatic rings. The van der Waals surface area contributed by atoms with Gasteiger partial charge in [-0.2, -0.15) is 0 Å². The van der Waals surface area contributed by atoms with Crippen LogP contribution in [0.5, 0.6) is 0 Å². The fourth-order valence-electron chi connectivity index (χ4n) is 1.69. The maximum atomic E-state index is 13.0. The lowest BCUT2D eigenvalue weighted by Crippen LogP contribution is -2.13. The smallest absolute Gasteiger partial charge is 0.123 e. The molecule has 1 atom stereocenters. The zero-order chi connectivity index (χ0) is 11.5.